The summed E-state index contributed by atoms with van der Waals surface area (Å²) in [6.07, 6.45) is 2.67. The number of carboxylic acid groups (broad SMARTS) is 1. The fraction of sp³-hybridized carbons (Fsp3) is 0.467. The number of carbonyl (C=O) groups is 2. The van der Waals surface area contributed by atoms with Crippen LogP contribution in [0, 0.1) is 0 Å². The summed E-state index contributed by atoms with van der Waals surface area (Å²) in [6.45, 7) is 1.40. The SMILES string of the molecule is O=C(O)CCCCC(=O)N1CCc2c(Br)cccc2C1. The van der Waals surface area contributed by atoms with E-state index < -0.39 is 5.97 Å². The van der Waals surface area contributed by atoms with Crippen molar-refractivity contribution in [3.63, 3.8) is 0 Å². The van der Waals surface area contributed by atoms with Crippen molar-refractivity contribution in [2.24, 2.45) is 0 Å². The van der Waals surface area contributed by atoms with E-state index in [0.717, 1.165) is 17.4 Å². The number of hydrogen-bond acceptors (Lipinski definition) is 2. The van der Waals surface area contributed by atoms with Gasteiger partial charge >= 0.3 is 5.97 Å². The number of rotatable bonds is 5. The Morgan fingerprint density at radius 3 is 2.75 bits per heavy atom. The van der Waals surface area contributed by atoms with Gasteiger partial charge in [0.15, 0.2) is 0 Å². The van der Waals surface area contributed by atoms with Crippen molar-refractivity contribution in [1.29, 1.82) is 0 Å². The van der Waals surface area contributed by atoms with Crippen molar-refractivity contribution >= 4 is 27.8 Å². The normalized spacial score (nSPS) is 13.9. The fourth-order valence-corrected chi connectivity index (χ4v) is 3.09. The van der Waals surface area contributed by atoms with Crippen LogP contribution in [0.15, 0.2) is 22.7 Å². The van der Waals surface area contributed by atoms with E-state index in [9.17, 15) is 9.59 Å². The van der Waals surface area contributed by atoms with E-state index in [1.807, 2.05) is 17.0 Å². The summed E-state index contributed by atoms with van der Waals surface area (Å²) in [4.78, 5) is 24.4. The molecule has 4 nitrogen and oxygen atoms in total. The van der Waals surface area contributed by atoms with E-state index in [2.05, 4.69) is 22.0 Å². The van der Waals surface area contributed by atoms with Gasteiger partial charge in [-0.3, -0.25) is 9.59 Å². The van der Waals surface area contributed by atoms with E-state index in [4.69, 9.17) is 5.11 Å². The third kappa shape index (κ3) is 3.82. The Kier molecular flexibility index (Phi) is 5.17. The molecule has 0 spiro atoms. The van der Waals surface area contributed by atoms with Crippen molar-refractivity contribution < 1.29 is 14.7 Å². The molecule has 2 rings (SSSR count). The standard InChI is InChI=1S/C15H18BrNO3/c16-13-5-3-4-11-10-17(9-8-12(11)13)14(18)6-1-2-7-15(19)20/h3-5H,1-2,6-10H2,(H,19,20). The first-order chi connectivity index (χ1) is 9.58. The zero-order chi connectivity index (χ0) is 14.5. The average molecular weight is 340 g/mol. The molecule has 1 amide bonds. The number of hydrogen-bond donors (Lipinski definition) is 1. The number of aliphatic carboxylic acids is 1. The van der Waals surface area contributed by atoms with Gasteiger partial charge in [-0.05, 0) is 36.5 Å². The second kappa shape index (κ2) is 6.88. The summed E-state index contributed by atoms with van der Waals surface area (Å²) >= 11 is 3.54. The van der Waals surface area contributed by atoms with E-state index in [1.54, 1.807) is 0 Å². The molecule has 0 saturated carbocycles. The van der Waals surface area contributed by atoms with Gasteiger partial charge in [0.25, 0.3) is 0 Å². The molecule has 0 bridgehead atoms. The number of fused-ring (bicyclic) bond motifs is 1. The molecule has 0 radical (unpaired) electrons. The van der Waals surface area contributed by atoms with Gasteiger partial charge in [0, 0.05) is 30.4 Å². The van der Waals surface area contributed by atoms with Crippen molar-refractivity contribution in [1.82, 2.24) is 4.90 Å². The van der Waals surface area contributed by atoms with Crippen LogP contribution in [0.4, 0.5) is 0 Å². The minimum atomic E-state index is -0.797. The molecule has 1 aliphatic heterocycles. The molecule has 0 fully saturated rings. The van der Waals surface area contributed by atoms with Gasteiger partial charge in [-0.1, -0.05) is 28.1 Å². The maximum Gasteiger partial charge on any atom is 0.303 e. The lowest BCUT2D eigenvalue weighted by Crippen LogP contribution is -2.35. The highest BCUT2D eigenvalue weighted by Crippen LogP contribution is 2.26. The summed E-state index contributed by atoms with van der Waals surface area (Å²) < 4.78 is 1.11. The summed E-state index contributed by atoms with van der Waals surface area (Å²) in [6, 6.07) is 6.08. The van der Waals surface area contributed by atoms with Crippen molar-refractivity contribution in [3.8, 4) is 0 Å². The first-order valence-corrected chi connectivity index (χ1v) is 7.63. The predicted molar refractivity (Wildman–Crippen MR) is 79.4 cm³/mol. The Bertz CT molecular complexity index is 516. The third-order valence-corrected chi connectivity index (χ3v) is 4.34. The van der Waals surface area contributed by atoms with Crippen LogP contribution >= 0.6 is 15.9 Å². The number of amides is 1. The highest BCUT2D eigenvalue weighted by molar-refractivity contribution is 9.10. The Hall–Kier alpha value is -1.36. The average Bonchev–Trinajstić information content (AvgIpc) is 2.43. The van der Waals surface area contributed by atoms with Crippen LogP contribution in [-0.4, -0.2) is 28.4 Å². The Morgan fingerprint density at radius 2 is 2.00 bits per heavy atom. The first kappa shape index (κ1) is 15.0. The molecule has 5 heteroatoms. The van der Waals surface area contributed by atoms with Crippen molar-refractivity contribution in [2.75, 3.05) is 6.54 Å². The second-order valence-electron chi connectivity index (χ2n) is 5.04. The highest BCUT2D eigenvalue weighted by atomic mass is 79.9. The lowest BCUT2D eigenvalue weighted by Gasteiger charge is -2.29. The number of benzene rings is 1. The van der Waals surface area contributed by atoms with Crippen LogP contribution in [0.2, 0.25) is 0 Å². The molecule has 1 aliphatic rings. The number of halogens is 1. The molecule has 1 aromatic carbocycles. The Balaban J connectivity index is 1.86. The van der Waals surface area contributed by atoms with Crippen LogP contribution in [0.1, 0.15) is 36.8 Å². The first-order valence-electron chi connectivity index (χ1n) is 6.84. The third-order valence-electron chi connectivity index (χ3n) is 3.59. The van der Waals surface area contributed by atoms with Crippen LogP contribution < -0.4 is 0 Å². The molecule has 0 atom stereocenters. The van der Waals surface area contributed by atoms with E-state index in [-0.39, 0.29) is 12.3 Å². The Labute approximate surface area is 126 Å². The molecule has 1 heterocycles. The van der Waals surface area contributed by atoms with E-state index in [1.165, 1.54) is 11.1 Å². The van der Waals surface area contributed by atoms with Crippen LogP contribution in [0.3, 0.4) is 0 Å². The van der Waals surface area contributed by atoms with Gasteiger partial charge in [0.1, 0.15) is 0 Å². The summed E-state index contributed by atoms with van der Waals surface area (Å²) in [5.74, 6) is -0.671. The number of unbranched alkanes of at least 4 members (excludes halogenated alkanes) is 1. The fourth-order valence-electron chi connectivity index (χ4n) is 2.49. The van der Waals surface area contributed by atoms with Gasteiger partial charge in [0.2, 0.25) is 5.91 Å². The van der Waals surface area contributed by atoms with Gasteiger partial charge in [-0.2, -0.15) is 0 Å². The summed E-state index contributed by atoms with van der Waals surface area (Å²) in [7, 11) is 0. The number of carbonyl (C=O) groups excluding carboxylic acids is 1. The number of carboxylic acids is 1. The summed E-state index contributed by atoms with van der Waals surface area (Å²) in [5.41, 5.74) is 2.49. The maximum absolute atomic E-state index is 12.1. The smallest absolute Gasteiger partial charge is 0.303 e. The quantitative estimate of drug-likeness (QED) is 0.839. The lowest BCUT2D eigenvalue weighted by molar-refractivity contribution is -0.137. The van der Waals surface area contributed by atoms with E-state index in [0.29, 0.717) is 25.8 Å². The van der Waals surface area contributed by atoms with Gasteiger partial charge in [-0.15, -0.1) is 0 Å². The van der Waals surface area contributed by atoms with Crippen LogP contribution in [0.25, 0.3) is 0 Å². The van der Waals surface area contributed by atoms with Gasteiger partial charge < -0.3 is 10.0 Å². The number of nitrogens with zero attached hydrogens (tertiary/aromatic N) is 1. The largest absolute Gasteiger partial charge is 0.481 e. The molecule has 0 unspecified atom stereocenters. The summed E-state index contributed by atoms with van der Waals surface area (Å²) in [5, 5.41) is 8.56. The molecule has 108 valence electrons. The predicted octanol–water partition coefficient (Wildman–Crippen LogP) is 2.98. The second-order valence-corrected chi connectivity index (χ2v) is 5.90. The van der Waals surface area contributed by atoms with Crippen LogP contribution in [0.5, 0.6) is 0 Å². The molecule has 1 aromatic rings. The maximum atomic E-state index is 12.1. The molecule has 0 aliphatic carbocycles. The highest BCUT2D eigenvalue weighted by Gasteiger charge is 2.21. The van der Waals surface area contributed by atoms with Crippen molar-refractivity contribution in [2.45, 2.75) is 38.6 Å². The van der Waals surface area contributed by atoms with Crippen LogP contribution in [-0.2, 0) is 22.6 Å². The molecule has 1 N–H and O–H groups in total. The van der Waals surface area contributed by atoms with Gasteiger partial charge in [-0.25, -0.2) is 0 Å². The van der Waals surface area contributed by atoms with Crippen molar-refractivity contribution in [3.05, 3.63) is 33.8 Å². The zero-order valence-electron chi connectivity index (χ0n) is 11.3. The zero-order valence-corrected chi connectivity index (χ0v) is 12.9. The monoisotopic (exact) mass is 339 g/mol. The minimum Gasteiger partial charge on any atom is -0.481 e. The molecule has 0 saturated heterocycles. The Morgan fingerprint density at radius 1 is 1.25 bits per heavy atom. The molecular weight excluding hydrogens is 322 g/mol. The van der Waals surface area contributed by atoms with E-state index >= 15 is 0 Å². The lowest BCUT2D eigenvalue weighted by atomic mass is 9.99. The molecule has 20 heavy (non-hydrogen) atoms. The molecule has 0 aromatic heterocycles. The molecular formula is C15H18BrNO3. The minimum absolute atomic E-state index is 0.126. The van der Waals surface area contributed by atoms with Gasteiger partial charge in [0.05, 0.1) is 0 Å². The topological polar surface area (TPSA) is 57.6 Å².